The monoisotopic (exact) mass is 592 g/mol. The summed E-state index contributed by atoms with van der Waals surface area (Å²) in [6.45, 7) is -1.95. The Balaban J connectivity index is 0.00000612. The molecule has 2 atom stereocenters. The summed E-state index contributed by atoms with van der Waals surface area (Å²) in [6.07, 6.45) is -1.72. The van der Waals surface area contributed by atoms with Crippen LogP contribution < -0.4 is 0 Å². The number of hydrogen-bond acceptors (Lipinski definition) is 8. The van der Waals surface area contributed by atoms with Gasteiger partial charge in [0, 0.05) is 41.3 Å². The van der Waals surface area contributed by atoms with E-state index in [4.69, 9.17) is 0 Å². The molecule has 0 saturated carbocycles. The van der Waals surface area contributed by atoms with Gasteiger partial charge in [0.1, 0.15) is 24.1 Å². The molecule has 12 nitrogen and oxygen atoms in total. The third-order valence-electron chi connectivity index (χ3n) is 5.22. The first-order valence-corrected chi connectivity index (χ1v) is 13.8. The van der Waals surface area contributed by atoms with Crippen molar-refractivity contribution < 1.29 is 66.2 Å². The molecule has 8 N–H and O–H groups in total. The zero-order chi connectivity index (χ0) is 25.5. The van der Waals surface area contributed by atoms with Gasteiger partial charge in [0.25, 0.3) is 0 Å². The molecule has 2 rings (SSSR count). The van der Waals surface area contributed by atoms with Gasteiger partial charge >= 0.3 is 15.2 Å². The number of phenolic OH excluding ortho intramolecular Hbond substituents is 2. The van der Waals surface area contributed by atoms with Crippen LogP contribution >= 0.6 is 15.2 Å². The van der Waals surface area contributed by atoms with Crippen molar-refractivity contribution in [2.45, 2.75) is 32.6 Å². The van der Waals surface area contributed by atoms with E-state index in [1.54, 1.807) is 24.3 Å². The van der Waals surface area contributed by atoms with Gasteiger partial charge in [0.15, 0.2) is 0 Å². The maximum atomic E-state index is 11.9. The number of aliphatic hydroxyl groups is 2. The van der Waals surface area contributed by atoms with Crippen LogP contribution in [0.4, 0.5) is 0 Å². The molecule has 0 aromatic heterocycles. The number of nitrogens with zero attached hydrogens (tertiary/aromatic N) is 2. The topological polar surface area (TPSA) is 202 Å². The van der Waals surface area contributed by atoms with E-state index in [1.807, 2.05) is 0 Å². The van der Waals surface area contributed by atoms with Crippen molar-refractivity contribution >= 4 is 15.2 Å². The molecule has 0 aliphatic carbocycles. The fourth-order valence-corrected chi connectivity index (χ4v) is 5.27. The van der Waals surface area contributed by atoms with E-state index in [0.717, 1.165) is 9.80 Å². The molecule has 2 aromatic carbocycles. The van der Waals surface area contributed by atoms with Gasteiger partial charge in [-0.15, -0.1) is 0 Å². The van der Waals surface area contributed by atoms with Crippen LogP contribution in [0.1, 0.15) is 18.6 Å². The van der Waals surface area contributed by atoms with Gasteiger partial charge in [-0.1, -0.05) is 43.8 Å². The number of aromatic hydroxyl groups is 2. The molecule has 15 heteroatoms. The fourth-order valence-electron chi connectivity index (χ4n) is 3.71. The van der Waals surface area contributed by atoms with E-state index in [2.05, 4.69) is 0 Å². The Morgan fingerprint density at radius 2 is 0.972 bits per heavy atom. The molecule has 0 saturated heterocycles. The molecule has 0 amide bonds. The number of benzene rings is 2. The fraction of sp³-hybridized carbons (Fsp3) is 0.429. The molecule has 0 aliphatic heterocycles. The van der Waals surface area contributed by atoms with E-state index < -0.39 is 53.1 Å². The molecule has 206 valence electrons. The van der Waals surface area contributed by atoms with Crippen LogP contribution in [-0.4, -0.2) is 87.7 Å². The van der Waals surface area contributed by atoms with Crippen molar-refractivity contribution in [2.24, 2.45) is 0 Å². The van der Waals surface area contributed by atoms with Crippen molar-refractivity contribution in [3.63, 3.8) is 0 Å². The van der Waals surface area contributed by atoms with Crippen molar-refractivity contribution in [2.75, 3.05) is 25.8 Å². The van der Waals surface area contributed by atoms with Gasteiger partial charge in [-0.25, -0.2) is 0 Å². The molecule has 0 aliphatic rings. The Kier molecular flexibility index (Phi) is 14.6. The van der Waals surface area contributed by atoms with E-state index >= 15 is 0 Å². The second kappa shape index (κ2) is 15.2. The van der Waals surface area contributed by atoms with Crippen LogP contribution in [0.25, 0.3) is 0 Å². The first kappa shape index (κ1) is 34.7. The summed E-state index contributed by atoms with van der Waals surface area (Å²) < 4.78 is 23.7. The molecule has 0 bridgehead atoms. The molecule has 2 aromatic rings. The first-order valence-electron chi connectivity index (χ1n) is 10.2. The standard InChI is InChI=1S/C20H30N2O10P2.CH4.Fe/c23-11-17(21(13-33(27,28)29)9-15-5-1-3-7-19(15)25)18(12-24)22(14-34(30,31)32)10-16-6-2-4-8-20(16)26;;/h1-8,17-18,23-26H,9-14H2,(H2,27,28,29)(H2,30,31,32);1H4;/t17-,18?;;/m1../s1. The average molecular weight is 592 g/mol. The summed E-state index contributed by atoms with van der Waals surface area (Å²) >= 11 is 0. The minimum atomic E-state index is -4.70. The van der Waals surface area contributed by atoms with Crippen molar-refractivity contribution in [3.8, 4) is 11.5 Å². The van der Waals surface area contributed by atoms with Crippen molar-refractivity contribution in [1.82, 2.24) is 9.80 Å². The molecule has 36 heavy (non-hydrogen) atoms. The Morgan fingerprint density at radius 3 is 1.22 bits per heavy atom. The maximum absolute atomic E-state index is 11.9. The average Bonchev–Trinajstić information content (AvgIpc) is 2.72. The second-order valence-corrected chi connectivity index (χ2v) is 11.1. The largest absolute Gasteiger partial charge is 0.508 e. The van der Waals surface area contributed by atoms with E-state index in [-0.39, 0.29) is 60.2 Å². The van der Waals surface area contributed by atoms with E-state index in [9.17, 15) is 49.1 Å². The predicted molar refractivity (Wildman–Crippen MR) is 130 cm³/mol. The molecular weight excluding hydrogens is 558 g/mol. The van der Waals surface area contributed by atoms with Crippen LogP contribution in [0.5, 0.6) is 11.5 Å². The van der Waals surface area contributed by atoms with Gasteiger partial charge in [-0.05, 0) is 12.1 Å². The van der Waals surface area contributed by atoms with Crippen LogP contribution in [0.15, 0.2) is 48.5 Å². The zero-order valence-corrected chi connectivity index (χ0v) is 21.4. The molecule has 0 radical (unpaired) electrons. The van der Waals surface area contributed by atoms with Gasteiger partial charge in [0.05, 0.1) is 25.3 Å². The van der Waals surface area contributed by atoms with E-state index in [1.165, 1.54) is 24.3 Å². The summed E-state index contributed by atoms with van der Waals surface area (Å²) in [6, 6.07) is 9.66. The second-order valence-electron chi connectivity index (χ2n) is 7.86. The van der Waals surface area contributed by atoms with Crippen LogP contribution in [0.3, 0.4) is 0 Å². The Morgan fingerprint density at radius 1 is 0.667 bits per heavy atom. The number of hydrogen-bond donors (Lipinski definition) is 8. The van der Waals surface area contributed by atoms with E-state index in [0.29, 0.717) is 0 Å². The third kappa shape index (κ3) is 11.0. The maximum Gasteiger partial charge on any atom is 0.339 e. The number of aliphatic hydroxyl groups excluding tert-OH is 2. The summed E-state index contributed by atoms with van der Waals surface area (Å²) in [7, 11) is -9.39. The third-order valence-corrected chi connectivity index (χ3v) is 6.68. The van der Waals surface area contributed by atoms with Crippen molar-refractivity contribution in [3.05, 3.63) is 59.7 Å². The van der Waals surface area contributed by atoms with Crippen LogP contribution in [0, 0.1) is 0 Å². The molecule has 0 fully saturated rings. The Bertz CT molecular complexity index is 954. The molecule has 0 spiro atoms. The van der Waals surface area contributed by atoms with Crippen LogP contribution in [-0.2, 0) is 39.3 Å². The quantitative estimate of drug-likeness (QED) is 0.121. The normalized spacial score (nSPS) is 13.7. The Hall–Kier alpha value is -1.30. The molecular formula is C21H34FeN2O10P2. The number of rotatable bonds is 13. The van der Waals surface area contributed by atoms with Gasteiger partial charge < -0.3 is 40.0 Å². The summed E-state index contributed by atoms with van der Waals surface area (Å²) in [4.78, 5) is 40.8. The summed E-state index contributed by atoms with van der Waals surface area (Å²) in [5, 5.41) is 40.6. The van der Waals surface area contributed by atoms with Crippen LogP contribution in [0.2, 0.25) is 0 Å². The minimum absolute atomic E-state index is 0. The first-order chi connectivity index (χ1) is 15.8. The van der Waals surface area contributed by atoms with Gasteiger partial charge in [-0.2, -0.15) is 0 Å². The zero-order valence-electron chi connectivity index (χ0n) is 18.6. The number of phenols is 2. The predicted octanol–water partition coefficient (Wildman–Crippen LogP) is 1.03. The van der Waals surface area contributed by atoms with Crippen molar-refractivity contribution in [1.29, 1.82) is 0 Å². The van der Waals surface area contributed by atoms with Gasteiger partial charge in [0.2, 0.25) is 0 Å². The minimum Gasteiger partial charge on any atom is -0.508 e. The summed E-state index contributed by atoms with van der Waals surface area (Å²) in [5.74, 6) is -0.312. The number of para-hydroxylation sites is 2. The summed E-state index contributed by atoms with van der Waals surface area (Å²) in [5.41, 5.74) is 0.571. The smallest absolute Gasteiger partial charge is 0.339 e. The van der Waals surface area contributed by atoms with Gasteiger partial charge in [-0.3, -0.25) is 18.9 Å². The SMILES string of the molecule is C.O=P(O)(O)CN(Cc1ccccc1O)C(CO)[C@@H](CO)N(Cc1ccccc1O)CP(=O)(O)O.[Fe]. The molecule has 0 heterocycles. The Labute approximate surface area is 220 Å². The molecule has 1 unspecified atom stereocenters.